The summed E-state index contributed by atoms with van der Waals surface area (Å²) in [6.45, 7) is 6.63. The highest BCUT2D eigenvalue weighted by Crippen LogP contribution is 2.24. The zero-order valence-electron chi connectivity index (χ0n) is 9.03. The molecule has 0 atom stereocenters. The summed E-state index contributed by atoms with van der Waals surface area (Å²) in [4.78, 5) is 0. The van der Waals surface area contributed by atoms with Gasteiger partial charge in [0.25, 0.3) is 0 Å². The molecule has 14 heavy (non-hydrogen) atoms. The summed E-state index contributed by atoms with van der Waals surface area (Å²) in [5, 5.41) is 7.77. The van der Waals surface area contributed by atoms with Crippen LogP contribution in [-0.4, -0.2) is 22.9 Å². The Hall–Kier alpha value is -0.830. The fourth-order valence-electron chi connectivity index (χ4n) is 2.00. The second-order valence-electron chi connectivity index (χ2n) is 4.37. The van der Waals surface area contributed by atoms with Crippen LogP contribution in [0.4, 0.5) is 0 Å². The van der Waals surface area contributed by atoms with E-state index in [1.807, 2.05) is 6.20 Å². The molecule has 0 unspecified atom stereocenters. The van der Waals surface area contributed by atoms with Crippen molar-refractivity contribution in [3.63, 3.8) is 0 Å². The number of hydrogen-bond acceptors (Lipinski definition) is 2. The number of nitrogens with zero attached hydrogens (tertiary/aromatic N) is 2. The van der Waals surface area contributed by atoms with E-state index in [0.717, 1.165) is 19.0 Å². The van der Waals surface area contributed by atoms with E-state index in [9.17, 15) is 0 Å². The normalized spacial score (nSPS) is 19.1. The van der Waals surface area contributed by atoms with Gasteiger partial charge in [0, 0.05) is 12.2 Å². The Morgan fingerprint density at radius 1 is 1.43 bits per heavy atom. The molecule has 0 radical (unpaired) electrons. The molecule has 1 N–H and O–H groups in total. The van der Waals surface area contributed by atoms with Crippen molar-refractivity contribution >= 4 is 0 Å². The lowest BCUT2D eigenvalue weighted by Gasteiger charge is -2.21. The lowest BCUT2D eigenvalue weighted by Crippen LogP contribution is -2.26. The van der Waals surface area contributed by atoms with Crippen LogP contribution in [0.1, 0.15) is 44.2 Å². The van der Waals surface area contributed by atoms with Crippen LogP contribution in [0, 0.1) is 0 Å². The smallest absolute Gasteiger partial charge is 0.0524 e. The minimum absolute atomic E-state index is 0.477. The largest absolute Gasteiger partial charge is 0.317 e. The molecule has 0 amide bonds. The first kappa shape index (κ1) is 9.71. The Labute approximate surface area is 85.5 Å². The molecule has 1 saturated heterocycles. The molecule has 1 aromatic rings. The molecule has 0 bridgehead atoms. The lowest BCUT2D eigenvalue weighted by molar-refractivity contribution is 0.459. The molecule has 2 rings (SSSR count). The third-order valence-corrected chi connectivity index (χ3v) is 2.96. The molecule has 0 aliphatic carbocycles. The highest BCUT2D eigenvalue weighted by atomic mass is 15.3. The fourth-order valence-corrected chi connectivity index (χ4v) is 2.00. The van der Waals surface area contributed by atoms with Gasteiger partial charge in [-0.2, -0.15) is 5.10 Å². The van der Waals surface area contributed by atoms with Crippen molar-refractivity contribution in [3.05, 3.63) is 18.0 Å². The maximum Gasteiger partial charge on any atom is 0.0524 e. The van der Waals surface area contributed by atoms with Crippen LogP contribution >= 0.6 is 0 Å². The van der Waals surface area contributed by atoms with Crippen LogP contribution in [-0.2, 0) is 0 Å². The molecule has 1 fully saturated rings. The molecule has 3 heteroatoms. The first-order valence-electron chi connectivity index (χ1n) is 5.52. The number of hydrogen-bond donors (Lipinski definition) is 1. The van der Waals surface area contributed by atoms with E-state index in [2.05, 4.69) is 35.1 Å². The highest BCUT2D eigenvalue weighted by molar-refractivity contribution is 5.12. The molecule has 1 aromatic heterocycles. The summed E-state index contributed by atoms with van der Waals surface area (Å²) in [6.07, 6.45) is 6.75. The molecule has 0 saturated carbocycles. The first-order chi connectivity index (χ1) is 6.77. The summed E-state index contributed by atoms with van der Waals surface area (Å²) in [7, 11) is 0. The van der Waals surface area contributed by atoms with Gasteiger partial charge in [0.2, 0.25) is 0 Å². The number of piperidine rings is 1. The maximum atomic E-state index is 4.39. The van der Waals surface area contributed by atoms with Crippen molar-refractivity contribution in [2.24, 2.45) is 0 Å². The van der Waals surface area contributed by atoms with Gasteiger partial charge < -0.3 is 5.32 Å². The van der Waals surface area contributed by atoms with Crippen LogP contribution < -0.4 is 5.32 Å². The summed E-state index contributed by atoms with van der Waals surface area (Å²) in [5.74, 6) is 0.726. The molecule has 0 spiro atoms. The summed E-state index contributed by atoms with van der Waals surface area (Å²) >= 11 is 0. The minimum atomic E-state index is 0.477. The molecular formula is C11H19N3. The van der Waals surface area contributed by atoms with Crippen molar-refractivity contribution in [3.8, 4) is 0 Å². The van der Waals surface area contributed by atoms with E-state index >= 15 is 0 Å². The van der Waals surface area contributed by atoms with Crippen molar-refractivity contribution < 1.29 is 0 Å². The van der Waals surface area contributed by atoms with Crippen molar-refractivity contribution in [2.45, 2.75) is 38.6 Å². The third-order valence-electron chi connectivity index (χ3n) is 2.96. The van der Waals surface area contributed by atoms with E-state index in [0.29, 0.717) is 6.04 Å². The minimum Gasteiger partial charge on any atom is -0.317 e. The zero-order valence-corrected chi connectivity index (χ0v) is 9.03. The highest BCUT2D eigenvalue weighted by Gasteiger charge is 2.16. The van der Waals surface area contributed by atoms with E-state index in [4.69, 9.17) is 0 Å². The van der Waals surface area contributed by atoms with Crippen LogP contribution in [0.5, 0.6) is 0 Å². The van der Waals surface area contributed by atoms with Gasteiger partial charge in [0.15, 0.2) is 0 Å². The topological polar surface area (TPSA) is 29.9 Å². The average Bonchev–Trinajstić information content (AvgIpc) is 2.68. The predicted molar refractivity (Wildman–Crippen MR) is 57.5 cm³/mol. The van der Waals surface area contributed by atoms with Gasteiger partial charge in [-0.1, -0.05) is 0 Å². The van der Waals surface area contributed by atoms with Gasteiger partial charge >= 0.3 is 0 Å². The summed E-state index contributed by atoms with van der Waals surface area (Å²) in [5.41, 5.74) is 1.42. The van der Waals surface area contributed by atoms with Crippen LogP contribution in [0.15, 0.2) is 12.4 Å². The molecule has 0 aromatic carbocycles. The van der Waals surface area contributed by atoms with Gasteiger partial charge in [-0.3, -0.25) is 4.68 Å². The second kappa shape index (κ2) is 4.13. The Morgan fingerprint density at radius 3 is 2.71 bits per heavy atom. The molecule has 3 nitrogen and oxygen atoms in total. The number of rotatable bonds is 2. The second-order valence-corrected chi connectivity index (χ2v) is 4.37. The quantitative estimate of drug-likeness (QED) is 0.777. The van der Waals surface area contributed by atoms with Gasteiger partial charge in [-0.05, 0) is 51.3 Å². The number of nitrogens with one attached hydrogen (secondary N) is 1. The Kier molecular flexibility index (Phi) is 2.87. The SMILES string of the molecule is CC(C)n1cc(C2CCNCC2)cn1. The third kappa shape index (κ3) is 1.98. The molecule has 2 heterocycles. The first-order valence-corrected chi connectivity index (χ1v) is 5.52. The van der Waals surface area contributed by atoms with E-state index in [-0.39, 0.29) is 0 Å². The zero-order chi connectivity index (χ0) is 9.97. The number of aromatic nitrogens is 2. The van der Waals surface area contributed by atoms with Crippen LogP contribution in [0.25, 0.3) is 0 Å². The summed E-state index contributed by atoms with van der Waals surface area (Å²) in [6, 6.07) is 0.477. The lowest BCUT2D eigenvalue weighted by atomic mass is 9.93. The van der Waals surface area contributed by atoms with Gasteiger partial charge in [0.1, 0.15) is 0 Å². The maximum absolute atomic E-state index is 4.39. The predicted octanol–water partition coefficient (Wildman–Crippen LogP) is 1.93. The molecule has 1 aliphatic heterocycles. The average molecular weight is 193 g/mol. The van der Waals surface area contributed by atoms with Gasteiger partial charge in [-0.25, -0.2) is 0 Å². The van der Waals surface area contributed by atoms with Gasteiger partial charge in [0.05, 0.1) is 6.20 Å². The van der Waals surface area contributed by atoms with E-state index < -0.39 is 0 Å². The van der Waals surface area contributed by atoms with Gasteiger partial charge in [-0.15, -0.1) is 0 Å². The van der Waals surface area contributed by atoms with E-state index in [1.54, 1.807) is 0 Å². The molecular weight excluding hydrogens is 174 g/mol. The van der Waals surface area contributed by atoms with Crippen LogP contribution in [0.2, 0.25) is 0 Å². The standard InChI is InChI=1S/C11H19N3/c1-9(2)14-8-11(7-13-14)10-3-5-12-6-4-10/h7-10,12H,3-6H2,1-2H3. The monoisotopic (exact) mass is 193 g/mol. The van der Waals surface area contributed by atoms with Crippen molar-refractivity contribution in [2.75, 3.05) is 13.1 Å². The molecule has 78 valence electrons. The fraction of sp³-hybridized carbons (Fsp3) is 0.727. The Balaban J connectivity index is 2.07. The molecule has 1 aliphatic rings. The van der Waals surface area contributed by atoms with E-state index in [1.165, 1.54) is 18.4 Å². The van der Waals surface area contributed by atoms with Crippen molar-refractivity contribution in [1.29, 1.82) is 0 Å². The van der Waals surface area contributed by atoms with Crippen molar-refractivity contribution in [1.82, 2.24) is 15.1 Å². The van der Waals surface area contributed by atoms with Crippen LogP contribution in [0.3, 0.4) is 0 Å². The summed E-state index contributed by atoms with van der Waals surface area (Å²) < 4.78 is 2.05. The Morgan fingerprint density at radius 2 is 2.14 bits per heavy atom. The Bertz CT molecular complexity index is 284.